The summed E-state index contributed by atoms with van der Waals surface area (Å²) in [5, 5.41) is 0. The number of rotatable bonds is 7. The zero-order valence-corrected chi connectivity index (χ0v) is 19.0. The molecule has 174 valence electrons. The topological polar surface area (TPSA) is 85.4 Å². The number of carbonyl (C=O) groups is 3. The Balaban J connectivity index is 1.49. The maximum absolute atomic E-state index is 13.4. The molecule has 2 saturated heterocycles. The summed E-state index contributed by atoms with van der Waals surface area (Å²) >= 11 is 0. The van der Waals surface area contributed by atoms with E-state index in [0.717, 1.165) is 11.1 Å². The lowest BCUT2D eigenvalue weighted by molar-refractivity contribution is -0.136. The Morgan fingerprint density at radius 2 is 1.85 bits per heavy atom. The number of hydrogen-bond donors (Lipinski definition) is 0. The van der Waals surface area contributed by atoms with Gasteiger partial charge in [0, 0.05) is 30.6 Å². The predicted molar refractivity (Wildman–Crippen MR) is 120 cm³/mol. The summed E-state index contributed by atoms with van der Waals surface area (Å²) in [4.78, 5) is 41.7. The van der Waals surface area contributed by atoms with E-state index in [9.17, 15) is 14.4 Å². The van der Waals surface area contributed by atoms with Crippen LogP contribution in [0.25, 0.3) is 0 Å². The molecule has 0 saturated carbocycles. The molecular weight excluding hydrogens is 424 g/mol. The maximum atomic E-state index is 13.4. The van der Waals surface area contributed by atoms with Gasteiger partial charge >= 0.3 is 6.09 Å². The quantitative estimate of drug-likeness (QED) is 0.642. The van der Waals surface area contributed by atoms with Crippen molar-refractivity contribution in [3.8, 4) is 11.5 Å². The van der Waals surface area contributed by atoms with E-state index in [0.29, 0.717) is 24.5 Å². The van der Waals surface area contributed by atoms with Crippen molar-refractivity contribution in [1.29, 1.82) is 0 Å². The molecule has 8 heteroatoms. The van der Waals surface area contributed by atoms with Gasteiger partial charge in [0.05, 0.1) is 26.2 Å². The number of methoxy groups -OCH3 is 2. The predicted octanol–water partition coefficient (Wildman–Crippen LogP) is 2.89. The summed E-state index contributed by atoms with van der Waals surface area (Å²) in [5.41, 5.74) is 1.83. The lowest BCUT2D eigenvalue weighted by Gasteiger charge is -2.24. The second-order valence-electron chi connectivity index (χ2n) is 8.42. The van der Waals surface area contributed by atoms with Gasteiger partial charge in [0.2, 0.25) is 11.8 Å². The van der Waals surface area contributed by atoms with Crippen molar-refractivity contribution >= 4 is 17.9 Å². The molecule has 2 aromatic carbocycles. The number of benzene rings is 2. The summed E-state index contributed by atoms with van der Waals surface area (Å²) in [6, 6.07) is 14.7. The van der Waals surface area contributed by atoms with E-state index in [4.69, 9.17) is 14.2 Å². The minimum absolute atomic E-state index is 0.126. The van der Waals surface area contributed by atoms with Crippen molar-refractivity contribution in [2.75, 3.05) is 27.4 Å². The second-order valence-corrected chi connectivity index (χ2v) is 8.42. The van der Waals surface area contributed by atoms with Crippen LogP contribution in [0.5, 0.6) is 11.5 Å². The van der Waals surface area contributed by atoms with Crippen LogP contribution in [0.2, 0.25) is 0 Å². The third kappa shape index (κ3) is 4.51. The van der Waals surface area contributed by atoms with Crippen LogP contribution in [0.15, 0.2) is 48.5 Å². The highest BCUT2D eigenvalue weighted by Gasteiger charge is 2.48. The minimum Gasteiger partial charge on any atom is -0.497 e. The Kier molecular flexibility index (Phi) is 6.53. The molecule has 2 aliphatic heterocycles. The van der Waals surface area contributed by atoms with Crippen LogP contribution in [0.1, 0.15) is 18.1 Å². The Bertz CT molecular complexity index is 1040. The van der Waals surface area contributed by atoms with E-state index in [1.807, 2.05) is 36.4 Å². The monoisotopic (exact) mass is 452 g/mol. The van der Waals surface area contributed by atoms with Crippen molar-refractivity contribution in [3.63, 3.8) is 0 Å². The van der Waals surface area contributed by atoms with Crippen LogP contribution < -0.4 is 9.47 Å². The van der Waals surface area contributed by atoms with Gasteiger partial charge in [0.15, 0.2) is 0 Å². The fraction of sp³-hybridized carbons (Fsp3) is 0.400. The smallest absolute Gasteiger partial charge is 0.416 e. The average Bonchev–Trinajstić information content (AvgIpc) is 3.33. The molecule has 0 aliphatic carbocycles. The van der Waals surface area contributed by atoms with Gasteiger partial charge in [0.1, 0.15) is 18.1 Å². The number of imide groups is 1. The first-order valence-electron chi connectivity index (χ1n) is 11.0. The summed E-state index contributed by atoms with van der Waals surface area (Å²) in [6.45, 7) is 2.43. The number of nitrogens with zero attached hydrogens (tertiary/aromatic N) is 2. The molecule has 33 heavy (non-hydrogen) atoms. The van der Waals surface area contributed by atoms with Crippen LogP contribution in [-0.2, 0) is 27.3 Å². The molecule has 0 bridgehead atoms. The SMILES string of the molecule is COc1ccc(CN2CC(C(=O)N3C(=O)OCC3Cc3ccccc3)C(C)C2=O)c(OC)c1. The molecule has 4 rings (SSSR count). The Hall–Kier alpha value is -3.55. The third-order valence-electron chi connectivity index (χ3n) is 6.41. The van der Waals surface area contributed by atoms with E-state index in [2.05, 4.69) is 0 Å². The molecule has 0 radical (unpaired) electrons. The van der Waals surface area contributed by atoms with Gasteiger partial charge in [-0.2, -0.15) is 0 Å². The van der Waals surface area contributed by atoms with E-state index in [1.54, 1.807) is 38.2 Å². The fourth-order valence-electron chi connectivity index (χ4n) is 4.51. The highest BCUT2D eigenvalue weighted by Crippen LogP contribution is 2.32. The summed E-state index contributed by atoms with van der Waals surface area (Å²) < 4.78 is 15.9. The number of hydrogen-bond acceptors (Lipinski definition) is 6. The van der Waals surface area contributed by atoms with E-state index >= 15 is 0 Å². The molecule has 0 aromatic heterocycles. The number of likely N-dealkylation sites (tertiary alicyclic amines) is 1. The first-order valence-corrected chi connectivity index (χ1v) is 11.0. The second kappa shape index (κ2) is 9.52. The molecule has 3 unspecified atom stereocenters. The number of carbonyl (C=O) groups excluding carboxylic acids is 3. The third-order valence-corrected chi connectivity index (χ3v) is 6.41. The molecule has 2 heterocycles. The normalized spacial score (nSPS) is 22.5. The number of amides is 3. The fourth-order valence-corrected chi connectivity index (χ4v) is 4.51. The van der Waals surface area contributed by atoms with Crippen molar-refractivity contribution in [2.45, 2.75) is 25.9 Å². The first-order chi connectivity index (χ1) is 15.9. The zero-order valence-electron chi connectivity index (χ0n) is 19.0. The van der Waals surface area contributed by atoms with Gasteiger partial charge in [-0.1, -0.05) is 37.3 Å². The Morgan fingerprint density at radius 1 is 1.09 bits per heavy atom. The van der Waals surface area contributed by atoms with Gasteiger partial charge in [-0.15, -0.1) is 0 Å². The molecule has 3 amide bonds. The molecule has 3 atom stereocenters. The van der Waals surface area contributed by atoms with E-state index in [-0.39, 0.29) is 31.0 Å². The van der Waals surface area contributed by atoms with E-state index in [1.165, 1.54) is 4.90 Å². The van der Waals surface area contributed by atoms with Gasteiger partial charge in [-0.05, 0) is 24.1 Å². The Morgan fingerprint density at radius 3 is 2.55 bits per heavy atom. The minimum atomic E-state index is -0.643. The lowest BCUT2D eigenvalue weighted by Crippen LogP contribution is -2.45. The molecule has 8 nitrogen and oxygen atoms in total. The molecule has 0 N–H and O–H groups in total. The van der Waals surface area contributed by atoms with Crippen molar-refractivity contribution in [2.24, 2.45) is 11.8 Å². The zero-order chi connectivity index (χ0) is 23.5. The van der Waals surface area contributed by atoms with Crippen LogP contribution in [0, 0.1) is 11.8 Å². The van der Waals surface area contributed by atoms with Crippen LogP contribution in [-0.4, -0.2) is 61.1 Å². The molecule has 0 spiro atoms. The van der Waals surface area contributed by atoms with E-state index < -0.39 is 17.9 Å². The van der Waals surface area contributed by atoms with Crippen molar-refractivity contribution in [3.05, 3.63) is 59.7 Å². The van der Waals surface area contributed by atoms with Crippen molar-refractivity contribution in [1.82, 2.24) is 9.80 Å². The largest absolute Gasteiger partial charge is 0.497 e. The van der Waals surface area contributed by atoms with Crippen LogP contribution >= 0.6 is 0 Å². The van der Waals surface area contributed by atoms with Gasteiger partial charge in [-0.3, -0.25) is 9.59 Å². The Labute approximate surface area is 193 Å². The molecular formula is C25H28N2O6. The van der Waals surface area contributed by atoms with Gasteiger partial charge < -0.3 is 19.1 Å². The van der Waals surface area contributed by atoms with Crippen LogP contribution in [0.3, 0.4) is 0 Å². The van der Waals surface area contributed by atoms with Gasteiger partial charge in [0.25, 0.3) is 0 Å². The summed E-state index contributed by atoms with van der Waals surface area (Å²) in [5.74, 6) is -0.377. The highest BCUT2D eigenvalue weighted by atomic mass is 16.6. The number of cyclic esters (lactones) is 1. The maximum Gasteiger partial charge on any atom is 0.416 e. The molecule has 2 fully saturated rings. The summed E-state index contributed by atoms with van der Waals surface area (Å²) in [6.07, 6.45) is -0.129. The lowest BCUT2D eigenvalue weighted by atomic mass is 9.95. The van der Waals surface area contributed by atoms with Crippen LogP contribution in [0.4, 0.5) is 4.79 Å². The molecule has 2 aromatic rings. The highest BCUT2D eigenvalue weighted by molar-refractivity contribution is 5.98. The first kappa shape index (κ1) is 22.6. The average molecular weight is 453 g/mol. The molecule has 2 aliphatic rings. The van der Waals surface area contributed by atoms with Gasteiger partial charge in [-0.25, -0.2) is 9.69 Å². The van der Waals surface area contributed by atoms with Crippen molar-refractivity contribution < 1.29 is 28.6 Å². The standard InChI is InChI=1S/C25H28N2O6/c1-16-21(14-26(23(16)28)13-18-9-10-20(31-2)12-22(18)32-3)24(29)27-19(15-33-25(27)30)11-17-7-5-4-6-8-17/h4-10,12,16,19,21H,11,13-15H2,1-3H3. The number of ether oxygens (including phenoxy) is 3. The summed E-state index contributed by atoms with van der Waals surface area (Å²) in [7, 11) is 3.13.